The molecule has 4 rings (SSSR count). The van der Waals surface area contributed by atoms with Crippen LogP contribution in [0.3, 0.4) is 0 Å². The molecule has 1 aliphatic heterocycles. The van der Waals surface area contributed by atoms with Crippen LogP contribution in [-0.2, 0) is 11.3 Å². The summed E-state index contributed by atoms with van der Waals surface area (Å²) in [5.74, 6) is 1.80. The lowest BCUT2D eigenvalue weighted by Gasteiger charge is -2.35. The second-order valence-corrected chi connectivity index (χ2v) is 6.41. The third kappa shape index (κ3) is 3.67. The zero-order valence-electron chi connectivity index (χ0n) is 15.1. The molecule has 0 fully saturated rings. The van der Waals surface area contributed by atoms with Crippen molar-refractivity contribution in [1.82, 2.24) is 10.5 Å². The summed E-state index contributed by atoms with van der Waals surface area (Å²) in [6.07, 6.45) is 1.91. The van der Waals surface area contributed by atoms with Gasteiger partial charge in [-0.05, 0) is 30.7 Å². The molecule has 0 unspecified atom stereocenters. The summed E-state index contributed by atoms with van der Waals surface area (Å²) in [5, 5.41) is 7.04. The molecule has 0 saturated carbocycles. The van der Waals surface area contributed by atoms with E-state index in [4.69, 9.17) is 13.7 Å². The molecule has 7 nitrogen and oxygen atoms in total. The van der Waals surface area contributed by atoms with Gasteiger partial charge >= 0.3 is 0 Å². The molecule has 1 aliphatic rings. The summed E-state index contributed by atoms with van der Waals surface area (Å²) in [4.78, 5) is 14.5. The van der Waals surface area contributed by atoms with Gasteiger partial charge in [-0.1, -0.05) is 24.2 Å². The first kappa shape index (κ1) is 17.2. The monoisotopic (exact) mass is 367 g/mol. The Kier molecular flexibility index (Phi) is 4.82. The van der Waals surface area contributed by atoms with E-state index in [2.05, 4.69) is 15.4 Å². The molecule has 27 heavy (non-hydrogen) atoms. The van der Waals surface area contributed by atoms with Crippen LogP contribution in [-0.4, -0.2) is 30.3 Å². The van der Waals surface area contributed by atoms with Crippen molar-refractivity contribution in [3.8, 4) is 17.3 Å². The molecule has 3 heterocycles. The van der Waals surface area contributed by atoms with Crippen molar-refractivity contribution in [3.05, 3.63) is 54.4 Å². The van der Waals surface area contributed by atoms with Gasteiger partial charge in [0.2, 0.25) is 5.76 Å². The minimum atomic E-state index is -0.567. The topological polar surface area (TPSA) is 80.7 Å². The molecule has 0 radical (unpaired) electrons. The minimum absolute atomic E-state index is 0.104. The van der Waals surface area contributed by atoms with Gasteiger partial charge in [-0.15, -0.1) is 0 Å². The van der Waals surface area contributed by atoms with Crippen LogP contribution in [0.25, 0.3) is 11.5 Å². The Hall–Kier alpha value is -3.22. The predicted octanol–water partition coefficient (Wildman–Crippen LogP) is 3.23. The highest BCUT2D eigenvalue weighted by molar-refractivity contribution is 5.83. The first-order chi connectivity index (χ1) is 13.2. The van der Waals surface area contributed by atoms with Gasteiger partial charge in [0.1, 0.15) is 11.4 Å². The molecule has 0 aliphatic carbocycles. The lowest BCUT2D eigenvalue weighted by Crippen LogP contribution is -2.48. The first-order valence-electron chi connectivity index (χ1n) is 9.02. The van der Waals surface area contributed by atoms with Gasteiger partial charge in [0.25, 0.3) is 5.91 Å². The fraction of sp³-hybridized carbons (Fsp3) is 0.300. The maximum atomic E-state index is 12.4. The minimum Gasteiger partial charge on any atom is -0.477 e. The van der Waals surface area contributed by atoms with Gasteiger partial charge in [-0.2, -0.15) is 0 Å². The highest BCUT2D eigenvalue weighted by Crippen LogP contribution is 2.34. The molecular weight excluding hydrogens is 346 g/mol. The fourth-order valence-corrected chi connectivity index (χ4v) is 3.07. The number of hydrogen-bond acceptors (Lipinski definition) is 6. The first-order valence-corrected chi connectivity index (χ1v) is 9.02. The smallest absolute Gasteiger partial charge is 0.262 e. The molecule has 0 spiro atoms. The van der Waals surface area contributed by atoms with E-state index in [1.807, 2.05) is 43.3 Å². The average molecular weight is 367 g/mol. The molecule has 2 aromatic heterocycles. The van der Waals surface area contributed by atoms with Crippen LogP contribution in [0.5, 0.6) is 5.75 Å². The number of furan rings is 1. The second kappa shape index (κ2) is 7.57. The van der Waals surface area contributed by atoms with Gasteiger partial charge < -0.3 is 23.9 Å². The number of nitrogens with one attached hydrogen (secondary N) is 1. The Morgan fingerprint density at radius 1 is 1.26 bits per heavy atom. The Morgan fingerprint density at radius 2 is 2.15 bits per heavy atom. The number of rotatable bonds is 6. The molecule has 140 valence electrons. The quantitative estimate of drug-likeness (QED) is 0.720. The van der Waals surface area contributed by atoms with E-state index in [1.54, 1.807) is 12.3 Å². The molecule has 1 amide bonds. The fourth-order valence-electron chi connectivity index (χ4n) is 3.07. The van der Waals surface area contributed by atoms with E-state index in [-0.39, 0.29) is 5.91 Å². The molecule has 1 atom stereocenters. The van der Waals surface area contributed by atoms with Gasteiger partial charge in [-0.25, -0.2) is 0 Å². The summed E-state index contributed by atoms with van der Waals surface area (Å²) >= 11 is 0. The normalized spacial score (nSPS) is 15.9. The van der Waals surface area contributed by atoms with E-state index in [1.165, 1.54) is 0 Å². The third-order valence-electron chi connectivity index (χ3n) is 4.38. The predicted molar refractivity (Wildman–Crippen MR) is 99.4 cm³/mol. The summed E-state index contributed by atoms with van der Waals surface area (Å²) in [5.41, 5.74) is 1.69. The van der Waals surface area contributed by atoms with Crippen molar-refractivity contribution in [2.75, 3.05) is 18.0 Å². The number of benzene rings is 1. The molecule has 1 N–H and O–H groups in total. The number of fused-ring (bicyclic) bond motifs is 1. The SMILES string of the molecule is CCCNC(=O)[C@@H]1CN(Cc2cc(-c3ccco3)on2)c2ccccc2O1. The number of anilines is 1. The van der Waals surface area contributed by atoms with Crippen LogP contribution in [0.4, 0.5) is 5.69 Å². The molecule has 1 aromatic carbocycles. The number of hydrogen-bond donors (Lipinski definition) is 1. The van der Waals surface area contributed by atoms with Gasteiger partial charge in [0, 0.05) is 12.6 Å². The van der Waals surface area contributed by atoms with Crippen LogP contribution < -0.4 is 15.0 Å². The maximum absolute atomic E-state index is 12.4. The molecule has 0 bridgehead atoms. The zero-order valence-corrected chi connectivity index (χ0v) is 15.1. The number of carbonyl (C=O) groups excluding carboxylic acids is 1. The van der Waals surface area contributed by atoms with Crippen molar-refractivity contribution in [2.24, 2.45) is 0 Å². The summed E-state index contributed by atoms with van der Waals surface area (Å²) in [6, 6.07) is 13.2. The lowest BCUT2D eigenvalue weighted by atomic mass is 10.1. The van der Waals surface area contributed by atoms with Crippen molar-refractivity contribution in [2.45, 2.75) is 26.0 Å². The number of amides is 1. The van der Waals surface area contributed by atoms with Crippen molar-refractivity contribution < 1.29 is 18.5 Å². The largest absolute Gasteiger partial charge is 0.477 e. The van der Waals surface area contributed by atoms with E-state index >= 15 is 0 Å². The van der Waals surface area contributed by atoms with Crippen molar-refractivity contribution >= 4 is 11.6 Å². The summed E-state index contributed by atoms with van der Waals surface area (Å²) in [7, 11) is 0. The summed E-state index contributed by atoms with van der Waals surface area (Å²) in [6.45, 7) is 3.60. The van der Waals surface area contributed by atoms with Crippen molar-refractivity contribution in [1.29, 1.82) is 0 Å². The zero-order chi connectivity index (χ0) is 18.6. The van der Waals surface area contributed by atoms with Crippen LogP contribution >= 0.6 is 0 Å². The average Bonchev–Trinajstić information content (AvgIpc) is 3.37. The van der Waals surface area contributed by atoms with Gasteiger partial charge in [0.15, 0.2) is 11.9 Å². The Balaban J connectivity index is 1.54. The third-order valence-corrected chi connectivity index (χ3v) is 4.38. The number of para-hydroxylation sites is 2. The number of carbonyl (C=O) groups is 1. The maximum Gasteiger partial charge on any atom is 0.262 e. The van der Waals surface area contributed by atoms with Crippen LogP contribution in [0.15, 0.2) is 57.7 Å². The molecule has 3 aromatic rings. The van der Waals surface area contributed by atoms with E-state index in [9.17, 15) is 4.79 Å². The molecular formula is C20H21N3O4. The Morgan fingerprint density at radius 3 is 2.96 bits per heavy atom. The highest BCUT2D eigenvalue weighted by atomic mass is 16.5. The van der Waals surface area contributed by atoms with Crippen LogP contribution in [0, 0.1) is 0 Å². The molecule has 7 heteroatoms. The van der Waals surface area contributed by atoms with E-state index < -0.39 is 6.10 Å². The second-order valence-electron chi connectivity index (χ2n) is 6.41. The van der Waals surface area contributed by atoms with Crippen LogP contribution in [0.2, 0.25) is 0 Å². The Labute approximate surface area is 156 Å². The lowest BCUT2D eigenvalue weighted by molar-refractivity contribution is -0.127. The van der Waals surface area contributed by atoms with E-state index in [0.29, 0.717) is 36.9 Å². The highest BCUT2D eigenvalue weighted by Gasteiger charge is 2.31. The van der Waals surface area contributed by atoms with Gasteiger partial charge in [0.05, 0.1) is 25.0 Å². The number of nitrogens with zero attached hydrogens (tertiary/aromatic N) is 2. The van der Waals surface area contributed by atoms with E-state index in [0.717, 1.165) is 17.8 Å². The van der Waals surface area contributed by atoms with Gasteiger partial charge in [-0.3, -0.25) is 4.79 Å². The standard InChI is InChI=1S/C20H21N3O4/c1-2-9-21-20(24)19-13-23(15-6-3-4-7-16(15)26-19)12-14-11-18(27-22-14)17-8-5-10-25-17/h3-8,10-11,19H,2,9,12-13H2,1H3,(H,21,24)/t19-/m0/s1. The molecule has 0 saturated heterocycles. The van der Waals surface area contributed by atoms with Crippen LogP contribution in [0.1, 0.15) is 19.0 Å². The number of aromatic nitrogens is 1. The number of ether oxygens (including phenoxy) is 1. The summed E-state index contributed by atoms with van der Waals surface area (Å²) < 4.78 is 16.6. The Bertz CT molecular complexity index is 904. The van der Waals surface area contributed by atoms with Crippen molar-refractivity contribution in [3.63, 3.8) is 0 Å².